The third-order valence-electron chi connectivity index (χ3n) is 13.0. The Morgan fingerprint density at radius 2 is 0.841 bits per heavy atom. The zero-order chi connectivity index (χ0) is 47.6. The van der Waals surface area contributed by atoms with Gasteiger partial charge < -0.3 is 45.6 Å². The van der Waals surface area contributed by atoms with Gasteiger partial charge in [-0.1, -0.05) is 64.2 Å². The van der Waals surface area contributed by atoms with E-state index in [1.165, 1.54) is 6.07 Å². The maximum atomic E-state index is 12.7. The largest absolute Gasteiger partial charge is 0.508 e. The molecular weight excluding hydrogens is 809 g/mol. The van der Waals surface area contributed by atoms with Crippen molar-refractivity contribution in [2.24, 2.45) is 21.7 Å². The van der Waals surface area contributed by atoms with Gasteiger partial charge in [-0.15, -0.1) is 0 Å². The van der Waals surface area contributed by atoms with Gasteiger partial charge in [0.25, 0.3) is 0 Å². The van der Waals surface area contributed by atoms with Crippen molar-refractivity contribution in [1.29, 1.82) is 0 Å². The maximum absolute atomic E-state index is 12.7. The number of aryl methyl sites for hydroxylation is 1. The minimum atomic E-state index is -1.24. The molecule has 0 bridgehead atoms. The molecule has 2 aromatic rings. The molecule has 356 valence electrons. The molecule has 0 fully saturated rings. The lowest BCUT2D eigenvalue weighted by atomic mass is 9.85. The van der Waals surface area contributed by atoms with Crippen molar-refractivity contribution in [3.05, 3.63) is 40.5 Å². The second kappa shape index (κ2) is 25.0. The van der Waals surface area contributed by atoms with Crippen molar-refractivity contribution in [3.8, 4) is 28.7 Å². The predicted molar refractivity (Wildman–Crippen MR) is 243 cm³/mol. The van der Waals surface area contributed by atoms with Crippen LogP contribution in [0, 0.1) is 21.7 Å². The smallest absolute Gasteiger partial charge is 0.312 e. The average Bonchev–Trinajstić information content (AvgIpc) is 3.20. The molecule has 0 spiro atoms. The van der Waals surface area contributed by atoms with Gasteiger partial charge in [-0.3, -0.25) is 19.2 Å². The van der Waals surface area contributed by atoms with E-state index in [1.807, 2.05) is 0 Å². The molecular formula is C50H78O13. The Labute approximate surface area is 374 Å². The number of hydrogen-bond donors (Lipinski definition) is 8. The highest BCUT2D eigenvalue weighted by molar-refractivity contribution is 5.75. The van der Waals surface area contributed by atoms with Crippen molar-refractivity contribution in [1.82, 2.24) is 0 Å². The van der Waals surface area contributed by atoms with E-state index in [0.29, 0.717) is 94.8 Å². The number of carboxylic acid groups (broad SMARTS) is 4. The minimum Gasteiger partial charge on any atom is -0.508 e. The van der Waals surface area contributed by atoms with Crippen LogP contribution in [0.5, 0.6) is 28.7 Å². The number of aromatic hydroxyl groups is 4. The Hall–Kier alpha value is -4.68. The molecule has 0 amide bonds. The van der Waals surface area contributed by atoms with Crippen LogP contribution in [0.1, 0.15) is 186 Å². The molecule has 1 unspecified atom stereocenters. The number of benzene rings is 2. The van der Waals surface area contributed by atoms with E-state index in [9.17, 15) is 60.0 Å². The molecule has 0 heterocycles. The molecule has 8 N–H and O–H groups in total. The summed E-state index contributed by atoms with van der Waals surface area (Å²) >= 11 is 0. The third-order valence-corrected chi connectivity index (χ3v) is 13.0. The minimum absolute atomic E-state index is 0.112. The Bertz CT molecular complexity index is 1810. The predicted octanol–water partition coefficient (Wildman–Crippen LogP) is 11.2. The number of unbranched alkanes of at least 4 members (excludes halogenated alkanes) is 10. The molecule has 2 rings (SSSR count). The van der Waals surface area contributed by atoms with Crippen molar-refractivity contribution in [2.45, 2.75) is 190 Å². The van der Waals surface area contributed by atoms with Crippen LogP contribution < -0.4 is 4.74 Å². The average molecular weight is 887 g/mol. The van der Waals surface area contributed by atoms with Crippen LogP contribution in [0.2, 0.25) is 0 Å². The van der Waals surface area contributed by atoms with E-state index in [1.54, 1.807) is 60.6 Å². The molecule has 13 nitrogen and oxygen atoms in total. The van der Waals surface area contributed by atoms with Gasteiger partial charge in [-0.25, -0.2) is 0 Å². The van der Waals surface area contributed by atoms with Gasteiger partial charge in [0.1, 0.15) is 18.1 Å². The van der Waals surface area contributed by atoms with Crippen LogP contribution >= 0.6 is 0 Å². The monoisotopic (exact) mass is 887 g/mol. The maximum Gasteiger partial charge on any atom is 0.312 e. The summed E-state index contributed by atoms with van der Waals surface area (Å²) in [5.41, 5.74) is -0.830. The molecule has 2 aromatic carbocycles. The lowest BCUT2D eigenvalue weighted by Gasteiger charge is -2.26. The Morgan fingerprint density at radius 3 is 1.30 bits per heavy atom. The highest BCUT2D eigenvalue weighted by Gasteiger charge is 2.34. The zero-order valence-corrected chi connectivity index (χ0v) is 39.1. The van der Waals surface area contributed by atoms with Crippen LogP contribution in [0.15, 0.2) is 18.2 Å². The van der Waals surface area contributed by atoms with Crippen LogP contribution in [0.4, 0.5) is 0 Å². The molecule has 0 radical (unpaired) electrons. The highest BCUT2D eigenvalue weighted by Crippen LogP contribution is 2.41. The Balaban J connectivity index is 2.11. The highest BCUT2D eigenvalue weighted by atomic mass is 16.5. The summed E-state index contributed by atoms with van der Waals surface area (Å²) in [7, 11) is 0. The summed E-state index contributed by atoms with van der Waals surface area (Å²) < 4.78 is 6.35. The fourth-order valence-corrected chi connectivity index (χ4v) is 7.88. The first-order valence-corrected chi connectivity index (χ1v) is 23.0. The lowest BCUT2D eigenvalue weighted by molar-refractivity contribution is -0.150. The molecule has 0 saturated carbocycles. The Morgan fingerprint density at radius 1 is 0.444 bits per heavy atom. The lowest BCUT2D eigenvalue weighted by Crippen LogP contribution is -2.34. The SMILES string of the molecule is CC(C)(CCCCCCc1cc(O)c(O)c(O)c1CCCCCC(C)(COc1ccc(O)c(CCCCCC(C)(C)C(=O)O)c1CCCCCCC(C)(C)C(=O)O)C(=O)O)C(=O)O. The quantitative estimate of drug-likeness (QED) is 0.0246. The van der Waals surface area contributed by atoms with Gasteiger partial charge in [0.15, 0.2) is 11.5 Å². The topological polar surface area (TPSA) is 239 Å². The summed E-state index contributed by atoms with van der Waals surface area (Å²) in [6.07, 6.45) is 14.4. The fourth-order valence-electron chi connectivity index (χ4n) is 7.88. The summed E-state index contributed by atoms with van der Waals surface area (Å²) in [6.45, 7) is 11.8. The van der Waals surface area contributed by atoms with Gasteiger partial charge >= 0.3 is 23.9 Å². The van der Waals surface area contributed by atoms with E-state index < -0.39 is 57.0 Å². The number of phenolic OH excluding ortho intramolecular Hbond substituents is 4. The zero-order valence-electron chi connectivity index (χ0n) is 39.1. The molecule has 0 aliphatic carbocycles. The molecule has 63 heavy (non-hydrogen) atoms. The summed E-state index contributed by atoms with van der Waals surface area (Å²) in [6, 6.07) is 4.73. The van der Waals surface area contributed by atoms with E-state index in [2.05, 4.69) is 0 Å². The van der Waals surface area contributed by atoms with E-state index >= 15 is 0 Å². The summed E-state index contributed by atoms with van der Waals surface area (Å²) in [5, 5.41) is 81.1. The van der Waals surface area contributed by atoms with Gasteiger partial charge in [0.2, 0.25) is 5.75 Å². The van der Waals surface area contributed by atoms with E-state index in [4.69, 9.17) is 4.74 Å². The van der Waals surface area contributed by atoms with Gasteiger partial charge in [0.05, 0.1) is 21.7 Å². The number of hydrogen-bond acceptors (Lipinski definition) is 9. The number of rotatable bonds is 33. The second-order valence-electron chi connectivity index (χ2n) is 19.9. The standard InChI is InChI=1S/C50H78O13/c1-47(2,43(55)56)28-18-10-8-14-22-34-32-39(52)42(54)41(53)35(34)23-16-13-21-31-50(7,46(61)62)33-63-40-27-26-38(51)36(24-17-12-20-30-49(5,6)45(59)60)37(40)25-15-9-11-19-29-48(3,4)44(57)58/h26-27,32,51-54H,8-25,28-31,33H2,1-7H3,(H,55,56)(H,57,58)(H,59,60)(H,61,62). The van der Waals surface area contributed by atoms with Gasteiger partial charge in [0, 0.05) is 16.7 Å². The van der Waals surface area contributed by atoms with Crippen molar-refractivity contribution >= 4 is 23.9 Å². The van der Waals surface area contributed by atoms with Gasteiger partial charge in [-0.2, -0.15) is 0 Å². The first kappa shape index (κ1) is 54.5. The van der Waals surface area contributed by atoms with Crippen LogP contribution in [-0.2, 0) is 44.9 Å². The number of carboxylic acids is 4. The van der Waals surface area contributed by atoms with Crippen LogP contribution in [0.3, 0.4) is 0 Å². The fraction of sp³-hybridized carbons (Fsp3) is 0.680. The molecule has 13 heteroatoms. The summed E-state index contributed by atoms with van der Waals surface area (Å²) in [4.78, 5) is 47.3. The number of carbonyl (C=O) groups is 4. The molecule has 1 atom stereocenters. The van der Waals surface area contributed by atoms with E-state index in [-0.39, 0.29) is 18.1 Å². The molecule has 0 aliphatic heterocycles. The Kier molecular flexibility index (Phi) is 21.6. The number of phenols is 4. The second-order valence-corrected chi connectivity index (χ2v) is 19.9. The van der Waals surface area contributed by atoms with Crippen molar-refractivity contribution in [2.75, 3.05) is 6.61 Å². The van der Waals surface area contributed by atoms with Gasteiger partial charge in [-0.05, 0) is 149 Å². The normalized spacial score (nSPS) is 13.1. The molecule has 0 saturated heterocycles. The number of aliphatic carboxylic acids is 4. The van der Waals surface area contributed by atoms with Crippen LogP contribution in [-0.4, -0.2) is 71.3 Å². The molecule has 0 aliphatic rings. The third kappa shape index (κ3) is 17.4. The first-order chi connectivity index (χ1) is 29.4. The molecule has 0 aromatic heterocycles. The summed E-state index contributed by atoms with van der Waals surface area (Å²) in [5.74, 6) is -4.19. The van der Waals surface area contributed by atoms with Crippen LogP contribution in [0.25, 0.3) is 0 Å². The number of ether oxygens (including phenoxy) is 1. The van der Waals surface area contributed by atoms with E-state index in [0.717, 1.165) is 74.5 Å². The van der Waals surface area contributed by atoms with Crippen molar-refractivity contribution < 1.29 is 64.8 Å². The van der Waals surface area contributed by atoms with Crippen molar-refractivity contribution in [3.63, 3.8) is 0 Å². The first-order valence-electron chi connectivity index (χ1n) is 23.0.